The molecule has 3 aromatic rings. The second-order valence-corrected chi connectivity index (χ2v) is 6.77. The minimum atomic E-state index is -0.418. The highest BCUT2D eigenvalue weighted by atomic mass is 16.5. The van der Waals surface area contributed by atoms with E-state index in [0.717, 1.165) is 5.56 Å². The smallest absolute Gasteiger partial charge is 0.323 e. The summed E-state index contributed by atoms with van der Waals surface area (Å²) in [4.78, 5) is 20.3. The number of para-hydroxylation sites is 1. The zero-order valence-electron chi connectivity index (χ0n) is 17.0. The first-order valence-corrected chi connectivity index (χ1v) is 9.28. The van der Waals surface area contributed by atoms with Crippen LogP contribution in [-0.2, 0) is 0 Å². The third-order valence-corrected chi connectivity index (χ3v) is 4.26. The van der Waals surface area contributed by atoms with Crippen molar-refractivity contribution in [2.24, 2.45) is 0 Å². The number of carbonyl (C=O) groups is 1. The molecule has 30 heavy (non-hydrogen) atoms. The van der Waals surface area contributed by atoms with Crippen molar-refractivity contribution in [1.82, 2.24) is 9.97 Å². The maximum atomic E-state index is 12.5. The molecule has 1 heterocycles. The van der Waals surface area contributed by atoms with Gasteiger partial charge in [0.05, 0.1) is 19.0 Å². The molecule has 2 amide bonds. The van der Waals surface area contributed by atoms with Gasteiger partial charge in [0, 0.05) is 17.3 Å². The summed E-state index contributed by atoms with van der Waals surface area (Å²) in [6.07, 6.45) is 1.40. The van der Waals surface area contributed by atoms with Gasteiger partial charge in [-0.3, -0.25) is 0 Å². The number of benzene rings is 2. The Bertz CT molecular complexity index is 1040. The van der Waals surface area contributed by atoms with Gasteiger partial charge >= 0.3 is 6.03 Å². The lowest BCUT2D eigenvalue weighted by Gasteiger charge is -2.19. The molecule has 0 radical (unpaired) electrons. The predicted octanol–water partition coefficient (Wildman–Crippen LogP) is 4.21. The average molecular weight is 408 g/mol. The number of nitrogen functional groups attached to an aromatic ring is 2. The number of methoxy groups -OCH3 is 1. The van der Waals surface area contributed by atoms with Crippen molar-refractivity contribution in [3.63, 3.8) is 0 Å². The molecule has 0 fully saturated rings. The zero-order chi connectivity index (χ0) is 21.7. The molecule has 0 aliphatic heterocycles. The van der Waals surface area contributed by atoms with E-state index in [2.05, 4.69) is 20.6 Å². The number of hydrogen-bond acceptors (Lipinski definition) is 7. The molecule has 6 N–H and O–H groups in total. The lowest BCUT2D eigenvalue weighted by atomic mass is 10.0. The summed E-state index contributed by atoms with van der Waals surface area (Å²) in [6.45, 7) is 4.03. The molecule has 9 heteroatoms. The van der Waals surface area contributed by atoms with Gasteiger partial charge in [-0.25, -0.2) is 9.78 Å². The molecule has 0 aliphatic rings. The Balaban J connectivity index is 1.92. The molecule has 0 bridgehead atoms. The first kappa shape index (κ1) is 20.7. The summed E-state index contributed by atoms with van der Waals surface area (Å²) in [7, 11) is 1.53. The van der Waals surface area contributed by atoms with Crippen molar-refractivity contribution in [2.45, 2.75) is 19.8 Å². The SMILES string of the molecule is COc1cc(C(C)C)c(Oc2cnc(N)nc2N)cc1NC(=O)Nc1ccccc1. The van der Waals surface area contributed by atoms with E-state index < -0.39 is 6.03 Å². The monoisotopic (exact) mass is 408 g/mol. The van der Waals surface area contributed by atoms with Crippen LogP contribution in [0.1, 0.15) is 25.3 Å². The standard InChI is InChI=1S/C21H24N6O3/c1-12(2)14-9-17(29-3)15(26-21(28)25-13-7-5-4-6-8-13)10-16(14)30-18-11-24-20(23)27-19(18)22/h4-12H,1-3H3,(H2,25,26,28)(H4,22,23,24,27). The maximum Gasteiger partial charge on any atom is 0.323 e. The number of nitrogens with zero attached hydrogens (tertiary/aromatic N) is 2. The van der Waals surface area contributed by atoms with E-state index in [4.69, 9.17) is 20.9 Å². The first-order valence-electron chi connectivity index (χ1n) is 9.28. The molecular weight excluding hydrogens is 384 g/mol. The van der Waals surface area contributed by atoms with Gasteiger partial charge < -0.3 is 31.6 Å². The van der Waals surface area contributed by atoms with Gasteiger partial charge in [-0.05, 0) is 24.1 Å². The van der Waals surface area contributed by atoms with Crippen LogP contribution in [0.4, 0.5) is 27.9 Å². The Morgan fingerprint density at radius 2 is 1.77 bits per heavy atom. The van der Waals surface area contributed by atoms with Crippen LogP contribution in [0.25, 0.3) is 0 Å². The van der Waals surface area contributed by atoms with Crippen LogP contribution in [0.3, 0.4) is 0 Å². The van der Waals surface area contributed by atoms with E-state index >= 15 is 0 Å². The average Bonchev–Trinajstić information content (AvgIpc) is 2.70. The van der Waals surface area contributed by atoms with Crippen molar-refractivity contribution >= 4 is 29.2 Å². The van der Waals surface area contributed by atoms with Crippen LogP contribution in [0.15, 0.2) is 48.7 Å². The summed E-state index contributed by atoms with van der Waals surface area (Å²) < 4.78 is 11.4. The largest absolute Gasteiger partial charge is 0.495 e. The van der Waals surface area contributed by atoms with Crippen molar-refractivity contribution in [3.8, 4) is 17.2 Å². The fourth-order valence-corrected chi connectivity index (χ4v) is 2.78. The Morgan fingerprint density at radius 3 is 2.40 bits per heavy atom. The molecule has 9 nitrogen and oxygen atoms in total. The summed E-state index contributed by atoms with van der Waals surface area (Å²) in [5.74, 6) is 1.52. The van der Waals surface area contributed by atoms with Gasteiger partial charge in [0.25, 0.3) is 0 Å². The van der Waals surface area contributed by atoms with Crippen LogP contribution in [0.2, 0.25) is 0 Å². The number of nitrogens with one attached hydrogen (secondary N) is 2. The summed E-state index contributed by atoms with van der Waals surface area (Å²) in [5, 5.41) is 5.55. The molecule has 0 saturated heterocycles. The molecular formula is C21H24N6O3. The second-order valence-electron chi connectivity index (χ2n) is 6.77. The van der Waals surface area contributed by atoms with Crippen LogP contribution in [0, 0.1) is 0 Å². The minimum Gasteiger partial charge on any atom is -0.495 e. The maximum absolute atomic E-state index is 12.5. The predicted molar refractivity (Wildman–Crippen MR) is 117 cm³/mol. The highest BCUT2D eigenvalue weighted by molar-refractivity contribution is 6.00. The molecule has 1 aromatic heterocycles. The van der Waals surface area contributed by atoms with Gasteiger partial charge in [0.1, 0.15) is 11.5 Å². The molecule has 0 saturated carbocycles. The number of urea groups is 1. The van der Waals surface area contributed by atoms with Gasteiger partial charge in [0.2, 0.25) is 5.95 Å². The molecule has 0 unspecified atom stereocenters. The van der Waals surface area contributed by atoms with Crippen LogP contribution < -0.4 is 31.6 Å². The third kappa shape index (κ3) is 4.88. The fourth-order valence-electron chi connectivity index (χ4n) is 2.78. The molecule has 0 aliphatic carbocycles. The van der Waals surface area contributed by atoms with Gasteiger partial charge in [-0.1, -0.05) is 32.0 Å². The third-order valence-electron chi connectivity index (χ3n) is 4.26. The van der Waals surface area contributed by atoms with Gasteiger partial charge in [-0.2, -0.15) is 4.98 Å². The number of ether oxygens (including phenoxy) is 2. The van der Waals surface area contributed by atoms with E-state index in [1.807, 2.05) is 38.1 Å². The minimum absolute atomic E-state index is 0.0543. The van der Waals surface area contributed by atoms with Crippen molar-refractivity contribution in [1.29, 1.82) is 0 Å². The first-order chi connectivity index (χ1) is 14.4. The highest BCUT2D eigenvalue weighted by Gasteiger charge is 2.18. The zero-order valence-corrected chi connectivity index (χ0v) is 17.0. The number of nitrogens with two attached hydrogens (primary N) is 2. The molecule has 3 rings (SSSR count). The van der Waals surface area contributed by atoms with Crippen LogP contribution >= 0.6 is 0 Å². The highest BCUT2D eigenvalue weighted by Crippen LogP contribution is 2.39. The summed E-state index contributed by atoms with van der Waals surface area (Å²) in [5.41, 5.74) is 13.4. The van der Waals surface area contributed by atoms with Crippen molar-refractivity contribution in [2.75, 3.05) is 29.2 Å². The summed E-state index contributed by atoms with van der Waals surface area (Å²) >= 11 is 0. The number of amides is 2. The van der Waals surface area contributed by atoms with E-state index in [9.17, 15) is 4.79 Å². The quantitative estimate of drug-likeness (QED) is 0.479. The molecule has 0 spiro atoms. The fraction of sp³-hybridized carbons (Fsp3) is 0.190. The Labute approximate surface area is 174 Å². The van der Waals surface area contributed by atoms with Gasteiger partial charge in [0.15, 0.2) is 11.6 Å². The molecule has 156 valence electrons. The van der Waals surface area contributed by atoms with Crippen molar-refractivity contribution < 1.29 is 14.3 Å². The van der Waals surface area contributed by atoms with E-state index in [-0.39, 0.29) is 23.4 Å². The Morgan fingerprint density at radius 1 is 1.03 bits per heavy atom. The normalized spacial score (nSPS) is 10.5. The van der Waals surface area contributed by atoms with Gasteiger partial charge in [-0.15, -0.1) is 0 Å². The number of carbonyl (C=O) groups excluding carboxylic acids is 1. The van der Waals surface area contributed by atoms with E-state index in [0.29, 0.717) is 22.9 Å². The Hall–Kier alpha value is -4.01. The van der Waals surface area contributed by atoms with Crippen LogP contribution in [-0.4, -0.2) is 23.1 Å². The number of anilines is 4. The van der Waals surface area contributed by atoms with Crippen LogP contribution in [0.5, 0.6) is 17.2 Å². The molecule has 0 atom stereocenters. The van der Waals surface area contributed by atoms with E-state index in [1.54, 1.807) is 18.2 Å². The molecule has 2 aromatic carbocycles. The Kier molecular flexibility index (Phi) is 6.21. The lowest BCUT2D eigenvalue weighted by Crippen LogP contribution is -2.20. The topological polar surface area (TPSA) is 137 Å². The second kappa shape index (κ2) is 8.99. The lowest BCUT2D eigenvalue weighted by molar-refractivity contribution is 0.262. The van der Waals surface area contributed by atoms with E-state index in [1.165, 1.54) is 13.3 Å². The number of hydrogen-bond donors (Lipinski definition) is 4. The van der Waals surface area contributed by atoms with Crippen molar-refractivity contribution in [3.05, 3.63) is 54.2 Å². The summed E-state index contributed by atoms with van der Waals surface area (Å²) in [6, 6.07) is 12.2. The number of rotatable bonds is 6. The number of aromatic nitrogens is 2.